The highest BCUT2D eigenvalue weighted by molar-refractivity contribution is 6.04. The number of benzene rings is 3. The third kappa shape index (κ3) is 6.42. The molecular weight excluding hydrogens is 525 g/mol. The van der Waals surface area contributed by atoms with Crippen LogP contribution in [-0.4, -0.2) is 33.2 Å². The van der Waals surface area contributed by atoms with Crippen molar-refractivity contribution < 1.29 is 32.6 Å². The molecule has 2 amide bonds. The number of nitrogens with zero attached hydrogens (tertiary/aromatic N) is 2. The average Bonchev–Trinajstić information content (AvgIpc) is 3.66. The second-order valence-electron chi connectivity index (χ2n) is 9.54. The Bertz CT molecular complexity index is 1540. The molecule has 0 saturated heterocycles. The van der Waals surface area contributed by atoms with Crippen LogP contribution in [-0.2, 0) is 6.54 Å². The van der Waals surface area contributed by atoms with Gasteiger partial charge in [0.25, 0.3) is 5.91 Å². The number of phenolic OH excluding ortho intramolecular Hbond substituents is 1. The van der Waals surface area contributed by atoms with Gasteiger partial charge in [-0.1, -0.05) is 29.8 Å². The molecule has 4 aromatic rings. The molecule has 1 aromatic heterocycles. The molecule has 40 heavy (non-hydrogen) atoms. The molecule has 0 aliphatic heterocycles. The molecule has 1 aliphatic rings. The van der Waals surface area contributed by atoms with Crippen molar-refractivity contribution in [2.24, 2.45) is 0 Å². The Hall–Kier alpha value is -4.80. The second kappa shape index (κ2) is 10.8. The lowest BCUT2D eigenvalue weighted by atomic mass is 10.1. The SMILES string of the molecule is Cc1ccc(CNC(=O)n2nc(-c3cc(NC(=O)c4ccc(OC(F)(F)F)cc4)ccc3O)cc2C2CC2)cc1. The van der Waals surface area contributed by atoms with Crippen LogP contribution >= 0.6 is 0 Å². The minimum absolute atomic E-state index is 0.0984. The van der Waals surface area contributed by atoms with Gasteiger partial charge in [0.1, 0.15) is 11.5 Å². The predicted octanol–water partition coefficient (Wildman–Crippen LogP) is 6.35. The minimum Gasteiger partial charge on any atom is -0.507 e. The largest absolute Gasteiger partial charge is 0.573 e. The lowest BCUT2D eigenvalue weighted by Crippen LogP contribution is -2.30. The van der Waals surface area contributed by atoms with E-state index in [0.717, 1.165) is 41.8 Å². The van der Waals surface area contributed by atoms with Crippen molar-refractivity contribution in [1.82, 2.24) is 15.1 Å². The number of ether oxygens (including phenoxy) is 1. The molecule has 0 atom stereocenters. The number of hydrogen-bond donors (Lipinski definition) is 3. The maximum absolute atomic E-state index is 13.0. The Balaban J connectivity index is 1.33. The quantitative estimate of drug-likeness (QED) is 0.233. The van der Waals surface area contributed by atoms with E-state index in [-0.39, 0.29) is 17.2 Å². The lowest BCUT2D eigenvalue weighted by Gasteiger charge is -2.10. The summed E-state index contributed by atoms with van der Waals surface area (Å²) in [4.78, 5) is 25.7. The number of carbonyl (C=O) groups is 2. The van der Waals surface area contributed by atoms with E-state index in [1.807, 2.05) is 31.2 Å². The number of phenols is 1. The van der Waals surface area contributed by atoms with Gasteiger partial charge in [-0.15, -0.1) is 13.2 Å². The molecule has 206 valence electrons. The smallest absolute Gasteiger partial charge is 0.507 e. The van der Waals surface area contributed by atoms with Crippen LogP contribution < -0.4 is 15.4 Å². The van der Waals surface area contributed by atoms with Crippen LogP contribution in [0.3, 0.4) is 0 Å². The van der Waals surface area contributed by atoms with Crippen molar-refractivity contribution in [3.8, 4) is 22.8 Å². The number of hydrogen-bond acceptors (Lipinski definition) is 5. The third-order valence-electron chi connectivity index (χ3n) is 6.37. The Labute approximate surface area is 227 Å². The molecule has 1 fully saturated rings. The Kier molecular flexibility index (Phi) is 7.20. The predicted molar refractivity (Wildman–Crippen MR) is 141 cm³/mol. The van der Waals surface area contributed by atoms with E-state index in [2.05, 4.69) is 20.5 Å². The molecule has 11 heteroatoms. The normalized spacial score (nSPS) is 13.1. The van der Waals surface area contributed by atoms with Crippen LogP contribution in [0.5, 0.6) is 11.5 Å². The zero-order chi connectivity index (χ0) is 28.4. The molecule has 0 radical (unpaired) electrons. The van der Waals surface area contributed by atoms with Crippen LogP contribution in [0.2, 0.25) is 0 Å². The van der Waals surface area contributed by atoms with Gasteiger partial charge in [-0.25, -0.2) is 4.79 Å². The zero-order valence-electron chi connectivity index (χ0n) is 21.3. The summed E-state index contributed by atoms with van der Waals surface area (Å²) >= 11 is 0. The first-order valence-electron chi connectivity index (χ1n) is 12.5. The van der Waals surface area contributed by atoms with E-state index in [4.69, 9.17) is 0 Å². The Morgan fingerprint density at radius 3 is 2.38 bits per heavy atom. The number of aromatic hydroxyl groups is 1. The van der Waals surface area contributed by atoms with Gasteiger partial charge in [0.2, 0.25) is 0 Å². The first-order valence-corrected chi connectivity index (χ1v) is 12.5. The first-order chi connectivity index (χ1) is 19.1. The number of alkyl halides is 3. The average molecular weight is 551 g/mol. The molecule has 0 spiro atoms. The number of aryl methyl sites for hydroxylation is 1. The fourth-order valence-corrected chi connectivity index (χ4v) is 4.15. The summed E-state index contributed by atoms with van der Waals surface area (Å²) in [5.41, 5.74) is 3.88. The molecule has 1 saturated carbocycles. The van der Waals surface area contributed by atoms with Crippen LogP contribution in [0.15, 0.2) is 72.8 Å². The van der Waals surface area contributed by atoms with E-state index in [1.165, 1.54) is 35.0 Å². The highest BCUT2D eigenvalue weighted by Gasteiger charge is 2.32. The fourth-order valence-electron chi connectivity index (χ4n) is 4.15. The number of nitrogens with one attached hydrogen (secondary N) is 2. The molecule has 3 N–H and O–H groups in total. The van der Waals surface area contributed by atoms with Crippen molar-refractivity contribution in [2.75, 3.05) is 5.32 Å². The topological polar surface area (TPSA) is 105 Å². The molecule has 0 unspecified atom stereocenters. The van der Waals surface area contributed by atoms with E-state index >= 15 is 0 Å². The number of aromatic nitrogens is 2. The number of anilines is 1. The Morgan fingerprint density at radius 1 is 1.02 bits per heavy atom. The maximum Gasteiger partial charge on any atom is 0.573 e. The summed E-state index contributed by atoms with van der Waals surface area (Å²) in [6, 6.07) is 18.0. The number of amides is 2. The van der Waals surface area contributed by atoms with Gasteiger partial charge in [0, 0.05) is 29.3 Å². The van der Waals surface area contributed by atoms with Crippen LogP contribution in [0.25, 0.3) is 11.3 Å². The molecule has 3 aromatic carbocycles. The first kappa shape index (κ1) is 26.8. The highest BCUT2D eigenvalue weighted by Crippen LogP contribution is 2.42. The van der Waals surface area contributed by atoms with Gasteiger partial charge in [-0.05, 0) is 73.9 Å². The van der Waals surface area contributed by atoms with Crippen molar-refractivity contribution in [3.05, 3.63) is 95.2 Å². The van der Waals surface area contributed by atoms with Gasteiger partial charge in [0.15, 0.2) is 0 Å². The molecule has 0 bridgehead atoms. The van der Waals surface area contributed by atoms with E-state index in [9.17, 15) is 27.9 Å². The van der Waals surface area contributed by atoms with E-state index < -0.39 is 24.1 Å². The van der Waals surface area contributed by atoms with Gasteiger partial charge in [-0.3, -0.25) is 4.79 Å². The molecule has 5 rings (SSSR count). The van der Waals surface area contributed by atoms with Crippen LogP contribution in [0.1, 0.15) is 45.9 Å². The fraction of sp³-hybridized carbons (Fsp3) is 0.207. The number of carbonyl (C=O) groups excluding carboxylic acids is 2. The summed E-state index contributed by atoms with van der Waals surface area (Å²) in [6.07, 6.45) is -2.99. The van der Waals surface area contributed by atoms with Gasteiger partial charge in [0.05, 0.1) is 11.4 Å². The van der Waals surface area contributed by atoms with E-state index in [0.29, 0.717) is 23.5 Å². The van der Waals surface area contributed by atoms with Crippen LogP contribution in [0, 0.1) is 6.92 Å². The lowest BCUT2D eigenvalue weighted by molar-refractivity contribution is -0.274. The van der Waals surface area contributed by atoms with Crippen molar-refractivity contribution >= 4 is 17.6 Å². The molecule has 1 heterocycles. The third-order valence-corrected chi connectivity index (χ3v) is 6.37. The van der Waals surface area contributed by atoms with Gasteiger partial charge < -0.3 is 20.5 Å². The molecule has 1 aliphatic carbocycles. The summed E-state index contributed by atoms with van der Waals surface area (Å²) in [5, 5.41) is 20.6. The van der Waals surface area contributed by atoms with Crippen molar-refractivity contribution in [2.45, 2.75) is 38.6 Å². The van der Waals surface area contributed by atoms with Crippen molar-refractivity contribution in [3.63, 3.8) is 0 Å². The number of rotatable bonds is 7. The van der Waals surface area contributed by atoms with Gasteiger partial charge >= 0.3 is 12.4 Å². The van der Waals surface area contributed by atoms with Crippen molar-refractivity contribution in [1.29, 1.82) is 0 Å². The monoisotopic (exact) mass is 550 g/mol. The summed E-state index contributed by atoms with van der Waals surface area (Å²) < 4.78 is 42.3. The highest BCUT2D eigenvalue weighted by atomic mass is 19.4. The molecular formula is C29H25F3N4O4. The summed E-state index contributed by atoms with van der Waals surface area (Å²) in [6.45, 7) is 2.31. The summed E-state index contributed by atoms with van der Waals surface area (Å²) in [7, 11) is 0. The molecule has 8 nitrogen and oxygen atoms in total. The zero-order valence-corrected chi connectivity index (χ0v) is 21.3. The van der Waals surface area contributed by atoms with Gasteiger partial charge in [-0.2, -0.15) is 9.78 Å². The minimum atomic E-state index is -4.83. The van der Waals surface area contributed by atoms with Crippen LogP contribution in [0.4, 0.5) is 23.7 Å². The maximum atomic E-state index is 13.0. The number of halogens is 3. The van der Waals surface area contributed by atoms with E-state index in [1.54, 1.807) is 6.07 Å². The Morgan fingerprint density at radius 2 is 1.73 bits per heavy atom. The second-order valence-corrected chi connectivity index (χ2v) is 9.54. The summed E-state index contributed by atoms with van der Waals surface area (Å²) in [5.74, 6) is -0.935. The standard InChI is InChI=1S/C29H25F3N4O4/c1-17-2-4-18(5-3-17)16-33-28(39)36-25(19-6-7-19)15-24(35-36)23-14-21(10-13-26(23)37)34-27(38)20-8-11-22(12-9-20)40-29(30,31)32/h2-5,8-15,19,37H,6-7,16H2,1H3,(H,33,39)(H,34,38).